The van der Waals surface area contributed by atoms with Gasteiger partial charge >= 0.3 is 0 Å². The van der Waals surface area contributed by atoms with Crippen molar-refractivity contribution >= 4 is 40.3 Å². The van der Waals surface area contributed by atoms with E-state index < -0.39 is 35.6 Å². The van der Waals surface area contributed by atoms with Gasteiger partial charge < -0.3 is 25.8 Å². The van der Waals surface area contributed by atoms with Gasteiger partial charge in [0.05, 0.1) is 6.04 Å². The summed E-state index contributed by atoms with van der Waals surface area (Å²) in [6.07, 6.45) is 1.60. The molecule has 4 amide bonds. The average Bonchev–Trinajstić information content (AvgIpc) is 3.60. The number of aromatic amines is 1. The van der Waals surface area contributed by atoms with Gasteiger partial charge in [-0.05, 0) is 48.8 Å². The highest BCUT2D eigenvalue weighted by Crippen LogP contribution is 2.35. The monoisotopic (exact) mass is 571 g/mol. The maximum Gasteiger partial charge on any atom is 0.289 e. The second-order valence-electron chi connectivity index (χ2n) is 12.0. The SMILES string of the molecule is CC1(C)CCN(C(=O)c2cc3ccccc3[nH]2)C(C(=O)NC(CC2CCNC2=O)C(=O)C(=O)NCc2ccccc2)C1. The molecule has 3 aromatic rings. The number of aromatic nitrogens is 1. The summed E-state index contributed by atoms with van der Waals surface area (Å²) in [4.78, 5) is 71.0. The van der Waals surface area contributed by atoms with Crippen molar-refractivity contribution in [2.45, 2.75) is 58.2 Å². The van der Waals surface area contributed by atoms with Crippen molar-refractivity contribution in [2.24, 2.45) is 11.3 Å². The number of amides is 4. The van der Waals surface area contributed by atoms with Crippen molar-refractivity contribution in [1.29, 1.82) is 0 Å². The number of fused-ring (bicyclic) bond motifs is 1. The molecule has 2 aliphatic rings. The van der Waals surface area contributed by atoms with E-state index in [4.69, 9.17) is 0 Å². The predicted molar refractivity (Wildman–Crippen MR) is 157 cm³/mol. The first-order chi connectivity index (χ1) is 20.1. The molecule has 1 aromatic heterocycles. The molecule has 2 fully saturated rings. The molecule has 10 heteroatoms. The van der Waals surface area contributed by atoms with Gasteiger partial charge in [-0.15, -0.1) is 0 Å². The number of hydrogen-bond donors (Lipinski definition) is 4. The molecule has 220 valence electrons. The highest BCUT2D eigenvalue weighted by Gasteiger charge is 2.42. The van der Waals surface area contributed by atoms with Crippen molar-refractivity contribution in [3.63, 3.8) is 0 Å². The highest BCUT2D eigenvalue weighted by molar-refractivity contribution is 6.38. The summed E-state index contributed by atoms with van der Waals surface area (Å²) < 4.78 is 0. The maximum atomic E-state index is 13.9. The summed E-state index contributed by atoms with van der Waals surface area (Å²) in [6.45, 7) is 5.07. The minimum Gasteiger partial charge on any atom is -0.356 e. The largest absolute Gasteiger partial charge is 0.356 e. The molecular formula is C32H37N5O5. The number of hydrogen-bond acceptors (Lipinski definition) is 5. The molecule has 3 atom stereocenters. The molecule has 0 saturated carbocycles. The van der Waals surface area contributed by atoms with Crippen LogP contribution in [0.15, 0.2) is 60.7 Å². The van der Waals surface area contributed by atoms with Gasteiger partial charge in [-0.1, -0.05) is 62.4 Å². The number of para-hydroxylation sites is 1. The second-order valence-corrected chi connectivity index (χ2v) is 12.0. The Hall–Kier alpha value is -4.47. The highest BCUT2D eigenvalue weighted by atomic mass is 16.2. The van der Waals surface area contributed by atoms with Crippen molar-refractivity contribution in [1.82, 2.24) is 25.8 Å². The van der Waals surface area contributed by atoms with E-state index in [-0.39, 0.29) is 30.2 Å². The number of H-pyrrole nitrogens is 1. The van der Waals surface area contributed by atoms with Gasteiger partial charge in [0.1, 0.15) is 11.7 Å². The van der Waals surface area contributed by atoms with E-state index in [2.05, 4.69) is 20.9 Å². The molecule has 0 aliphatic carbocycles. The Kier molecular flexibility index (Phi) is 8.42. The molecule has 3 heterocycles. The standard InChI is InChI=1S/C32H37N5O5/c1-32(2)13-15-37(31(42)25-16-21-10-6-7-11-23(21)35-25)26(18-32)29(40)36-24(17-22-12-14-33-28(22)39)27(38)30(41)34-19-20-8-4-3-5-9-20/h3-11,16,22,24,26,35H,12-15,17-19H2,1-2H3,(H,33,39)(H,34,41)(H,36,40). The first kappa shape index (κ1) is 29.0. The number of benzene rings is 2. The number of ketones is 1. The molecule has 2 aliphatic heterocycles. The number of piperidine rings is 1. The molecule has 2 saturated heterocycles. The third-order valence-electron chi connectivity index (χ3n) is 8.31. The summed E-state index contributed by atoms with van der Waals surface area (Å²) in [5, 5.41) is 9.05. The van der Waals surface area contributed by atoms with E-state index in [0.717, 1.165) is 16.5 Å². The van der Waals surface area contributed by atoms with Crippen LogP contribution in [0.2, 0.25) is 0 Å². The van der Waals surface area contributed by atoms with Crippen LogP contribution in [0.25, 0.3) is 10.9 Å². The van der Waals surface area contributed by atoms with Crippen molar-refractivity contribution in [2.75, 3.05) is 13.1 Å². The van der Waals surface area contributed by atoms with E-state index in [1.54, 1.807) is 11.0 Å². The molecule has 10 nitrogen and oxygen atoms in total. The third-order valence-corrected chi connectivity index (χ3v) is 8.31. The summed E-state index contributed by atoms with van der Waals surface area (Å²) in [6, 6.07) is 16.4. The molecule has 3 unspecified atom stereocenters. The quantitative estimate of drug-likeness (QED) is 0.293. The minimum atomic E-state index is -1.21. The number of likely N-dealkylation sites (tertiary alicyclic amines) is 1. The normalized spacial score (nSPS) is 20.5. The van der Waals surface area contributed by atoms with Crippen molar-refractivity contribution in [3.8, 4) is 0 Å². The van der Waals surface area contributed by atoms with E-state index in [1.165, 1.54) is 0 Å². The van der Waals surface area contributed by atoms with Crippen LogP contribution in [0.3, 0.4) is 0 Å². The Morgan fingerprint density at radius 1 is 1.05 bits per heavy atom. The fraction of sp³-hybridized carbons (Fsp3) is 0.406. The smallest absolute Gasteiger partial charge is 0.289 e. The van der Waals surface area contributed by atoms with Crippen molar-refractivity contribution in [3.05, 3.63) is 71.9 Å². The van der Waals surface area contributed by atoms with Gasteiger partial charge in [0, 0.05) is 36.5 Å². The number of carbonyl (C=O) groups is 5. The molecule has 4 N–H and O–H groups in total. The lowest BCUT2D eigenvalue weighted by Gasteiger charge is -2.42. The Labute approximate surface area is 244 Å². The lowest BCUT2D eigenvalue weighted by molar-refractivity contribution is -0.141. The molecule has 0 radical (unpaired) electrons. The van der Waals surface area contributed by atoms with Crippen LogP contribution in [0.4, 0.5) is 0 Å². The van der Waals surface area contributed by atoms with Crippen LogP contribution < -0.4 is 16.0 Å². The topological polar surface area (TPSA) is 140 Å². The molecule has 0 bridgehead atoms. The molecule has 42 heavy (non-hydrogen) atoms. The number of nitrogens with one attached hydrogen (secondary N) is 4. The Balaban J connectivity index is 1.35. The van der Waals surface area contributed by atoms with Gasteiger partial charge in [0.2, 0.25) is 17.6 Å². The van der Waals surface area contributed by atoms with Crippen LogP contribution in [0.1, 0.15) is 55.6 Å². The van der Waals surface area contributed by atoms with Crippen LogP contribution in [0.5, 0.6) is 0 Å². The number of Topliss-reactive ketones (excluding diaryl/α,β-unsaturated/α-hetero) is 1. The van der Waals surface area contributed by atoms with Gasteiger partial charge in [-0.25, -0.2) is 0 Å². The van der Waals surface area contributed by atoms with Gasteiger partial charge in [-0.2, -0.15) is 0 Å². The van der Waals surface area contributed by atoms with Crippen molar-refractivity contribution < 1.29 is 24.0 Å². The average molecular weight is 572 g/mol. The zero-order valence-corrected chi connectivity index (χ0v) is 23.9. The lowest BCUT2D eigenvalue weighted by atomic mass is 9.78. The van der Waals surface area contributed by atoms with Gasteiger partial charge in [0.15, 0.2) is 0 Å². The predicted octanol–water partition coefficient (Wildman–Crippen LogP) is 2.70. The van der Waals surface area contributed by atoms with Gasteiger partial charge in [0.25, 0.3) is 11.8 Å². The van der Waals surface area contributed by atoms with E-state index in [0.29, 0.717) is 38.0 Å². The molecule has 5 rings (SSSR count). The zero-order chi connectivity index (χ0) is 29.9. The molecular weight excluding hydrogens is 534 g/mol. The summed E-state index contributed by atoms with van der Waals surface area (Å²) >= 11 is 0. The fourth-order valence-corrected chi connectivity index (χ4v) is 5.81. The Bertz CT molecular complexity index is 1460. The summed E-state index contributed by atoms with van der Waals surface area (Å²) in [5.74, 6) is -3.19. The lowest BCUT2D eigenvalue weighted by Crippen LogP contribution is -2.58. The van der Waals surface area contributed by atoms with Crippen LogP contribution >= 0.6 is 0 Å². The first-order valence-electron chi connectivity index (χ1n) is 14.4. The molecule has 0 spiro atoms. The van der Waals surface area contributed by atoms with Crippen LogP contribution in [0, 0.1) is 11.3 Å². The van der Waals surface area contributed by atoms with E-state index >= 15 is 0 Å². The Morgan fingerprint density at radius 3 is 2.50 bits per heavy atom. The van der Waals surface area contributed by atoms with Crippen LogP contribution in [-0.2, 0) is 25.7 Å². The van der Waals surface area contributed by atoms with Gasteiger partial charge in [-0.3, -0.25) is 24.0 Å². The number of carbonyl (C=O) groups excluding carboxylic acids is 5. The zero-order valence-electron chi connectivity index (χ0n) is 23.9. The Morgan fingerprint density at radius 2 is 1.79 bits per heavy atom. The summed E-state index contributed by atoms with van der Waals surface area (Å²) in [7, 11) is 0. The minimum absolute atomic E-state index is 0.00123. The first-order valence-corrected chi connectivity index (χ1v) is 14.4. The number of nitrogens with zero attached hydrogens (tertiary/aromatic N) is 1. The number of rotatable bonds is 9. The van der Waals surface area contributed by atoms with E-state index in [1.807, 2.05) is 68.4 Å². The van der Waals surface area contributed by atoms with Crippen LogP contribution in [-0.4, -0.2) is 64.5 Å². The molecule has 2 aromatic carbocycles. The van der Waals surface area contributed by atoms with E-state index in [9.17, 15) is 24.0 Å². The summed E-state index contributed by atoms with van der Waals surface area (Å²) in [5.41, 5.74) is 1.80. The second kappa shape index (κ2) is 12.2. The third kappa shape index (κ3) is 6.53. The fourth-order valence-electron chi connectivity index (χ4n) is 5.81. The maximum absolute atomic E-state index is 13.9.